The molecule has 0 aromatic heterocycles. The van der Waals surface area contributed by atoms with Crippen LogP contribution >= 0.6 is 23.8 Å². The van der Waals surface area contributed by atoms with Gasteiger partial charge in [-0.3, -0.25) is 0 Å². The molecular formula is C10H13ClN2S. The van der Waals surface area contributed by atoms with Crippen molar-refractivity contribution >= 4 is 34.6 Å². The number of hydrogen-bond donors (Lipinski definition) is 2. The van der Waals surface area contributed by atoms with Crippen LogP contribution in [0.1, 0.15) is 13.8 Å². The Morgan fingerprint density at radius 2 is 2.14 bits per heavy atom. The van der Waals surface area contributed by atoms with Crippen molar-refractivity contribution in [3.8, 4) is 0 Å². The molecule has 0 spiro atoms. The first-order valence-electron chi connectivity index (χ1n) is 4.41. The van der Waals surface area contributed by atoms with Crippen molar-refractivity contribution in [1.29, 1.82) is 0 Å². The third kappa shape index (κ3) is 3.94. The third-order valence-corrected chi connectivity index (χ3v) is 1.96. The molecule has 0 fully saturated rings. The van der Waals surface area contributed by atoms with E-state index in [1.807, 2.05) is 38.1 Å². The molecule has 2 nitrogen and oxygen atoms in total. The Kier molecular flexibility index (Phi) is 4.17. The van der Waals surface area contributed by atoms with Gasteiger partial charge in [0.15, 0.2) is 5.11 Å². The summed E-state index contributed by atoms with van der Waals surface area (Å²) in [6.45, 7) is 4.07. The van der Waals surface area contributed by atoms with Crippen LogP contribution in [0.15, 0.2) is 24.3 Å². The topological polar surface area (TPSA) is 24.1 Å². The zero-order valence-electron chi connectivity index (χ0n) is 8.17. The van der Waals surface area contributed by atoms with Gasteiger partial charge in [-0.15, -0.1) is 0 Å². The fourth-order valence-corrected chi connectivity index (χ4v) is 1.54. The van der Waals surface area contributed by atoms with Crippen LogP contribution in [-0.2, 0) is 0 Å². The molecule has 0 bridgehead atoms. The van der Waals surface area contributed by atoms with Crippen molar-refractivity contribution in [2.75, 3.05) is 5.32 Å². The van der Waals surface area contributed by atoms with E-state index in [9.17, 15) is 0 Å². The Hall–Kier alpha value is -0.800. The van der Waals surface area contributed by atoms with Gasteiger partial charge in [-0.05, 0) is 44.3 Å². The molecule has 0 heterocycles. The molecule has 1 rings (SSSR count). The van der Waals surface area contributed by atoms with Gasteiger partial charge >= 0.3 is 0 Å². The van der Waals surface area contributed by atoms with Crippen molar-refractivity contribution in [3.63, 3.8) is 0 Å². The van der Waals surface area contributed by atoms with Gasteiger partial charge in [0.1, 0.15) is 0 Å². The van der Waals surface area contributed by atoms with Crippen molar-refractivity contribution in [3.05, 3.63) is 29.3 Å². The fraction of sp³-hybridized carbons (Fsp3) is 0.300. The lowest BCUT2D eigenvalue weighted by Crippen LogP contribution is -2.33. The van der Waals surface area contributed by atoms with Gasteiger partial charge in [0.25, 0.3) is 0 Å². The highest BCUT2D eigenvalue weighted by atomic mass is 35.5. The van der Waals surface area contributed by atoms with E-state index >= 15 is 0 Å². The first kappa shape index (κ1) is 11.3. The fourth-order valence-electron chi connectivity index (χ4n) is 0.996. The molecule has 76 valence electrons. The molecule has 0 amide bonds. The summed E-state index contributed by atoms with van der Waals surface area (Å²) in [5.74, 6) is 0. The molecule has 1 aromatic carbocycles. The molecule has 0 saturated carbocycles. The number of benzene rings is 1. The lowest BCUT2D eigenvalue weighted by molar-refractivity contribution is 0.739. The van der Waals surface area contributed by atoms with Crippen molar-refractivity contribution in [1.82, 2.24) is 5.32 Å². The molecule has 0 aliphatic rings. The Morgan fingerprint density at radius 1 is 1.43 bits per heavy atom. The molecule has 0 aliphatic carbocycles. The maximum absolute atomic E-state index is 5.83. The van der Waals surface area contributed by atoms with Crippen LogP contribution in [-0.4, -0.2) is 11.2 Å². The molecule has 4 heteroatoms. The van der Waals surface area contributed by atoms with Crippen LogP contribution in [0, 0.1) is 0 Å². The van der Waals surface area contributed by atoms with Crippen LogP contribution in [0.5, 0.6) is 0 Å². The Balaban J connectivity index is 2.56. The lowest BCUT2D eigenvalue weighted by atomic mass is 10.3. The summed E-state index contributed by atoms with van der Waals surface area (Å²) >= 11 is 10.9. The van der Waals surface area contributed by atoms with E-state index in [4.69, 9.17) is 23.8 Å². The van der Waals surface area contributed by atoms with Gasteiger partial charge in [-0.2, -0.15) is 0 Å². The van der Waals surface area contributed by atoms with Crippen LogP contribution in [0.25, 0.3) is 0 Å². The van der Waals surface area contributed by atoms with Gasteiger partial charge in [0.2, 0.25) is 0 Å². The summed E-state index contributed by atoms with van der Waals surface area (Å²) in [5, 5.41) is 7.45. The SMILES string of the molecule is CC(C)NC(=S)Nc1cccc(Cl)c1. The van der Waals surface area contributed by atoms with Gasteiger partial charge < -0.3 is 10.6 Å². The second-order valence-corrected chi connectivity index (χ2v) is 4.11. The number of hydrogen-bond acceptors (Lipinski definition) is 1. The molecule has 14 heavy (non-hydrogen) atoms. The summed E-state index contributed by atoms with van der Waals surface area (Å²) in [6, 6.07) is 7.78. The van der Waals surface area contributed by atoms with Gasteiger partial charge in [-0.25, -0.2) is 0 Å². The number of rotatable bonds is 2. The maximum atomic E-state index is 5.83. The van der Waals surface area contributed by atoms with Crippen molar-refractivity contribution < 1.29 is 0 Å². The smallest absolute Gasteiger partial charge is 0.170 e. The molecule has 0 unspecified atom stereocenters. The van der Waals surface area contributed by atoms with Gasteiger partial charge in [0, 0.05) is 16.8 Å². The lowest BCUT2D eigenvalue weighted by Gasteiger charge is -2.12. The second-order valence-electron chi connectivity index (χ2n) is 3.26. The molecule has 0 atom stereocenters. The van der Waals surface area contributed by atoms with Crippen LogP contribution in [0.4, 0.5) is 5.69 Å². The Morgan fingerprint density at radius 3 is 2.71 bits per heavy atom. The quantitative estimate of drug-likeness (QED) is 0.761. The van der Waals surface area contributed by atoms with E-state index < -0.39 is 0 Å². The highest BCUT2D eigenvalue weighted by Gasteiger charge is 1.99. The number of nitrogens with one attached hydrogen (secondary N) is 2. The van der Waals surface area contributed by atoms with E-state index in [0.29, 0.717) is 16.2 Å². The Labute approximate surface area is 94.7 Å². The average Bonchev–Trinajstić information content (AvgIpc) is 2.01. The van der Waals surface area contributed by atoms with Crippen LogP contribution in [0.2, 0.25) is 5.02 Å². The van der Waals surface area contributed by atoms with E-state index in [1.54, 1.807) is 0 Å². The number of halogens is 1. The molecule has 0 saturated heterocycles. The maximum Gasteiger partial charge on any atom is 0.170 e. The minimum absolute atomic E-state index is 0.328. The van der Waals surface area contributed by atoms with Crippen LogP contribution in [0.3, 0.4) is 0 Å². The zero-order valence-corrected chi connectivity index (χ0v) is 9.75. The summed E-state index contributed by atoms with van der Waals surface area (Å²) in [4.78, 5) is 0. The van der Waals surface area contributed by atoms with E-state index in [2.05, 4.69) is 10.6 Å². The second kappa shape index (κ2) is 5.17. The number of thiocarbonyl (C=S) groups is 1. The van der Waals surface area contributed by atoms with Gasteiger partial charge in [0.05, 0.1) is 0 Å². The number of anilines is 1. The molecule has 1 aromatic rings. The first-order valence-corrected chi connectivity index (χ1v) is 5.19. The minimum Gasteiger partial charge on any atom is -0.360 e. The third-order valence-electron chi connectivity index (χ3n) is 1.50. The highest BCUT2D eigenvalue weighted by molar-refractivity contribution is 7.80. The summed E-state index contributed by atoms with van der Waals surface area (Å²) in [5.41, 5.74) is 0.899. The summed E-state index contributed by atoms with van der Waals surface area (Å²) in [7, 11) is 0. The highest BCUT2D eigenvalue weighted by Crippen LogP contribution is 2.14. The molecular weight excluding hydrogens is 216 g/mol. The largest absolute Gasteiger partial charge is 0.360 e. The molecule has 0 aliphatic heterocycles. The Bertz CT molecular complexity index is 326. The predicted octanol–water partition coefficient (Wildman–Crippen LogP) is 3.03. The van der Waals surface area contributed by atoms with E-state index in [0.717, 1.165) is 5.69 Å². The van der Waals surface area contributed by atoms with Crippen LogP contribution < -0.4 is 10.6 Å². The minimum atomic E-state index is 0.328. The monoisotopic (exact) mass is 228 g/mol. The first-order chi connectivity index (χ1) is 6.58. The normalized spacial score (nSPS) is 10.0. The van der Waals surface area contributed by atoms with Crippen molar-refractivity contribution in [2.24, 2.45) is 0 Å². The molecule has 2 N–H and O–H groups in total. The predicted molar refractivity (Wildman–Crippen MR) is 65.9 cm³/mol. The van der Waals surface area contributed by atoms with Crippen molar-refractivity contribution in [2.45, 2.75) is 19.9 Å². The van der Waals surface area contributed by atoms with E-state index in [-0.39, 0.29) is 0 Å². The van der Waals surface area contributed by atoms with E-state index in [1.165, 1.54) is 0 Å². The summed E-state index contributed by atoms with van der Waals surface area (Å²) in [6.07, 6.45) is 0. The zero-order chi connectivity index (χ0) is 10.6. The average molecular weight is 229 g/mol. The summed E-state index contributed by atoms with van der Waals surface area (Å²) < 4.78 is 0. The standard InChI is InChI=1S/C10H13ClN2S/c1-7(2)12-10(14)13-9-5-3-4-8(11)6-9/h3-7H,1-2H3,(H2,12,13,14). The molecule has 0 radical (unpaired) electrons. The van der Waals surface area contributed by atoms with Gasteiger partial charge in [-0.1, -0.05) is 17.7 Å².